The highest BCUT2D eigenvalue weighted by atomic mass is 16.5. The Morgan fingerprint density at radius 1 is 1.00 bits per heavy atom. The van der Waals surface area contributed by atoms with E-state index < -0.39 is 0 Å². The van der Waals surface area contributed by atoms with Crippen molar-refractivity contribution in [3.05, 3.63) is 41.5 Å². The van der Waals surface area contributed by atoms with Crippen LogP contribution < -0.4 is 24.3 Å². The van der Waals surface area contributed by atoms with Gasteiger partial charge in [0.15, 0.2) is 23.9 Å². The van der Waals surface area contributed by atoms with Crippen LogP contribution in [-0.4, -0.2) is 39.6 Å². The van der Waals surface area contributed by atoms with Gasteiger partial charge in [-0.2, -0.15) is 0 Å². The number of methoxy groups -OCH3 is 3. The lowest BCUT2D eigenvalue weighted by Gasteiger charge is -2.15. The Labute approximate surface area is 157 Å². The Hall–Kier alpha value is -3.22. The van der Waals surface area contributed by atoms with Gasteiger partial charge in [0.1, 0.15) is 5.75 Å². The first-order valence-corrected chi connectivity index (χ1v) is 8.45. The summed E-state index contributed by atoms with van der Waals surface area (Å²) in [6.45, 7) is -0.179. The molecule has 1 amide bonds. The zero-order chi connectivity index (χ0) is 19.4. The standard InChI is InChI=1S/C20H21NO6/c1-24-17-9-12(10-18(25-2)20(17)26-3)21-19(23)11-27-16-6-4-5-13-14(16)7-8-15(13)22/h4-6,9-10H,7-8,11H2,1-3H3,(H,21,23). The minimum absolute atomic E-state index is 0.109. The quantitative estimate of drug-likeness (QED) is 0.806. The minimum Gasteiger partial charge on any atom is -0.493 e. The molecule has 2 aromatic carbocycles. The van der Waals surface area contributed by atoms with Crippen LogP contribution in [0.3, 0.4) is 0 Å². The molecule has 0 saturated carbocycles. The number of carbonyl (C=O) groups excluding carboxylic acids is 2. The maximum Gasteiger partial charge on any atom is 0.262 e. The molecule has 7 nitrogen and oxygen atoms in total. The number of Topliss-reactive ketones (excluding diaryl/α,β-unsaturated/α-hetero) is 1. The van der Waals surface area contributed by atoms with Crippen LogP contribution in [-0.2, 0) is 11.2 Å². The second-order valence-electron chi connectivity index (χ2n) is 5.96. The summed E-state index contributed by atoms with van der Waals surface area (Å²) in [5.74, 6) is 1.65. The number of hydrogen-bond acceptors (Lipinski definition) is 6. The zero-order valence-electron chi connectivity index (χ0n) is 15.5. The van der Waals surface area contributed by atoms with Crippen molar-refractivity contribution in [3.8, 4) is 23.0 Å². The number of ether oxygens (including phenoxy) is 4. The third-order valence-electron chi connectivity index (χ3n) is 4.34. The van der Waals surface area contributed by atoms with E-state index in [9.17, 15) is 9.59 Å². The molecule has 1 aliphatic rings. The van der Waals surface area contributed by atoms with E-state index in [1.807, 2.05) is 0 Å². The van der Waals surface area contributed by atoms with Gasteiger partial charge in [0.2, 0.25) is 5.75 Å². The second kappa shape index (κ2) is 7.99. The highest BCUT2D eigenvalue weighted by Gasteiger charge is 2.23. The first kappa shape index (κ1) is 18.6. The van der Waals surface area contributed by atoms with Crippen molar-refractivity contribution < 1.29 is 28.5 Å². The molecule has 142 valence electrons. The number of benzene rings is 2. The largest absolute Gasteiger partial charge is 0.493 e. The fourth-order valence-electron chi connectivity index (χ4n) is 3.09. The van der Waals surface area contributed by atoms with Crippen LogP contribution in [0.1, 0.15) is 22.3 Å². The maximum absolute atomic E-state index is 12.3. The average molecular weight is 371 g/mol. The van der Waals surface area contributed by atoms with Gasteiger partial charge >= 0.3 is 0 Å². The van der Waals surface area contributed by atoms with Crippen molar-refractivity contribution >= 4 is 17.4 Å². The molecule has 1 N–H and O–H groups in total. The van der Waals surface area contributed by atoms with Gasteiger partial charge in [-0.05, 0) is 12.5 Å². The van der Waals surface area contributed by atoms with Crippen LogP contribution in [0.2, 0.25) is 0 Å². The van der Waals surface area contributed by atoms with Gasteiger partial charge in [0.25, 0.3) is 5.91 Å². The highest BCUT2D eigenvalue weighted by Crippen LogP contribution is 2.40. The van der Waals surface area contributed by atoms with Gasteiger partial charge < -0.3 is 24.3 Å². The summed E-state index contributed by atoms with van der Waals surface area (Å²) in [6.07, 6.45) is 1.12. The topological polar surface area (TPSA) is 83.1 Å². The molecule has 0 aliphatic heterocycles. The zero-order valence-corrected chi connectivity index (χ0v) is 15.5. The fourth-order valence-corrected chi connectivity index (χ4v) is 3.09. The van der Waals surface area contributed by atoms with Crippen molar-refractivity contribution in [1.29, 1.82) is 0 Å². The summed E-state index contributed by atoms with van der Waals surface area (Å²) >= 11 is 0. The van der Waals surface area contributed by atoms with Crippen molar-refractivity contribution in [3.63, 3.8) is 0 Å². The van der Waals surface area contributed by atoms with E-state index in [0.717, 1.165) is 5.56 Å². The van der Waals surface area contributed by atoms with Gasteiger partial charge in [0.05, 0.1) is 21.3 Å². The molecule has 0 atom stereocenters. The number of rotatable bonds is 7. The van der Waals surface area contributed by atoms with E-state index >= 15 is 0 Å². The van der Waals surface area contributed by atoms with Gasteiger partial charge in [-0.25, -0.2) is 0 Å². The maximum atomic E-state index is 12.3. The highest BCUT2D eigenvalue weighted by molar-refractivity contribution is 6.01. The number of carbonyl (C=O) groups is 2. The van der Waals surface area contributed by atoms with Crippen molar-refractivity contribution in [2.45, 2.75) is 12.8 Å². The summed E-state index contributed by atoms with van der Waals surface area (Å²) in [6, 6.07) is 8.59. The fraction of sp³-hybridized carbons (Fsp3) is 0.300. The smallest absolute Gasteiger partial charge is 0.262 e. The Balaban J connectivity index is 1.69. The van der Waals surface area contributed by atoms with Gasteiger partial charge in [-0.1, -0.05) is 12.1 Å². The molecule has 0 heterocycles. The summed E-state index contributed by atoms with van der Waals surface area (Å²) in [5, 5.41) is 2.74. The first-order chi connectivity index (χ1) is 13.1. The molecular weight excluding hydrogens is 350 g/mol. The number of hydrogen-bond donors (Lipinski definition) is 1. The van der Waals surface area contributed by atoms with Gasteiger partial charge in [-0.3, -0.25) is 9.59 Å². The molecular formula is C20H21NO6. The number of anilines is 1. The van der Waals surface area contributed by atoms with Crippen LogP contribution in [0.4, 0.5) is 5.69 Å². The van der Waals surface area contributed by atoms with E-state index in [1.165, 1.54) is 21.3 Å². The number of nitrogens with one attached hydrogen (secondary N) is 1. The number of amides is 1. The van der Waals surface area contributed by atoms with Crippen LogP contribution in [0.15, 0.2) is 30.3 Å². The van der Waals surface area contributed by atoms with E-state index in [-0.39, 0.29) is 18.3 Å². The Bertz CT molecular complexity index is 852. The summed E-state index contributed by atoms with van der Waals surface area (Å²) in [4.78, 5) is 24.1. The lowest BCUT2D eigenvalue weighted by Crippen LogP contribution is -2.20. The second-order valence-corrected chi connectivity index (χ2v) is 5.96. The van der Waals surface area contributed by atoms with E-state index in [1.54, 1.807) is 30.3 Å². The van der Waals surface area contributed by atoms with Crippen LogP contribution >= 0.6 is 0 Å². The molecule has 0 radical (unpaired) electrons. The van der Waals surface area contributed by atoms with E-state index in [4.69, 9.17) is 18.9 Å². The first-order valence-electron chi connectivity index (χ1n) is 8.45. The average Bonchev–Trinajstić information content (AvgIpc) is 3.07. The normalized spacial score (nSPS) is 12.3. The molecule has 1 aliphatic carbocycles. The predicted molar refractivity (Wildman–Crippen MR) is 99.3 cm³/mol. The SMILES string of the molecule is COc1cc(NC(=O)COc2cccc3c2CCC3=O)cc(OC)c1OC. The predicted octanol–water partition coefficient (Wildman–Crippen LogP) is 2.86. The van der Waals surface area contributed by atoms with Crippen molar-refractivity contribution in [2.75, 3.05) is 33.3 Å². The summed E-state index contributed by atoms with van der Waals surface area (Å²) in [7, 11) is 4.52. The lowest BCUT2D eigenvalue weighted by molar-refractivity contribution is -0.118. The molecule has 2 aromatic rings. The number of ketones is 1. The molecule has 0 spiro atoms. The third-order valence-corrected chi connectivity index (χ3v) is 4.34. The Kier molecular flexibility index (Phi) is 5.49. The van der Waals surface area contributed by atoms with Crippen LogP contribution in [0.5, 0.6) is 23.0 Å². The molecule has 0 aromatic heterocycles. The molecule has 0 saturated heterocycles. The molecule has 0 bridgehead atoms. The Morgan fingerprint density at radius 2 is 1.70 bits per heavy atom. The van der Waals surface area contributed by atoms with Gasteiger partial charge in [0, 0.05) is 35.4 Å². The van der Waals surface area contributed by atoms with Crippen molar-refractivity contribution in [1.82, 2.24) is 0 Å². The van der Waals surface area contributed by atoms with E-state index in [2.05, 4.69) is 5.32 Å². The van der Waals surface area contributed by atoms with Gasteiger partial charge in [-0.15, -0.1) is 0 Å². The van der Waals surface area contributed by atoms with Crippen LogP contribution in [0, 0.1) is 0 Å². The number of fused-ring (bicyclic) bond motifs is 1. The molecule has 0 unspecified atom stereocenters. The molecule has 0 fully saturated rings. The molecule has 3 rings (SSSR count). The third kappa shape index (κ3) is 3.81. The van der Waals surface area contributed by atoms with E-state index in [0.29, 0.717) is 47.1 Å². The summed E-state index contributed by atoms with van der Waals surface area (Å²) < 4.78 is 21.4. The monoisotopic (exact) mass is 371 g/mol. The van der Waals surface area contributed by atoms with Crippen LogP contribution in [0.25, 0.3) is 0 Å². The molecule has 27 heavy (non-hydrogen) atoms. The van der Waals surface area contributed by atoms with Crippen molar-refractivity contribution in [2.24, 2.45) is 0 Å². The molecule has 7 heteroatoms. The Morgan fingerprint density at radius 3 is 2.33 bits per heavy atom. The minimum atomic E-state index is -0.341. The lowest BCUT2D eigenvalue weighted by atomic mass is 10.1. The summed E-state index contributed by atoms with van der Waals surface area (Å²) in [5.41, 5.74) is 2.03.